The first-order valence-electron chi connectivity index (χ1n) is 13.5. The van der Waals surface area contributed by atoms with E-state index in [1.807, 2.05) is 0 Å². The Kier molecular flexibility index (Phi) is 9.60. The van der Waals surface area contributed by atoms with Crippen molar-refractivity contribution in [1.82, 2.24) is 20.1 Å². The number of pyridine rings is 1. The van der Waals surface area contributed by atoms with Crippen LogP contribution >= 0.6 is 0 Å². The maximum Gasteiger partial charge on any atom is 0.409 e. The lowest BCUT2D eigenvalue weighted by atomic mass is 10.1. The van der Waals surface area contributed by atoms with E-state index < -0.39 is 35.9 Å². The van der Waals surface area contributed by atoms with Crippen molar-refractivity contribution in [1.29, 1.82) is 0 Å². The Morgan fingerprint density at radius 1 is 0.977 bits per heavy atom. The zero-order valence-corrected chi connectivity index (χ0v) is 23.3. The number of carboxylic acids is 2. The lowest BCUT2D eigenvalue weighted by Gasteiger charge is -2.35. The summed E-state index contributed by atoms with van der Waals surface area (Å²) < 4.78 is 11.0. The molecule has 3 aromatic rings. The van der Waals surface area contributed by atoms with Gasteiger partial charge in [-0.25, -0.2) is 14.6 Å². The summed E-state index contributed by atoms with van der Waals surface area (Å²) >= 11 is 0. The summed E-state index contributed by atoms with van der Waals surface area (Å²) in [5.74, 6) is -3.35. The molecule has 14 nitrogen and oxygen atoms in total. The number of aliphatic carboxylic acids is 1. The molecule has 0 saturated carbocycles. The normalized spacial score (nSPS) is 13.7. The van der Waals surface area contributed by atoms with E-state index in [0.717, 1.165) is 0 Å². The number of benzene rings is 2. The number of aromatic carboxylic acids is 1. The summed E-state index contributed by atoms with van der Waals surface area (Å²) in [6.45, 7) is 2.73. The number of nitrogen functional groups attached to an aromatic ring is 1. The molecule has 43 heavy (non-hydrogen) atoms. The number of para-hydroxylation sites is 1. The number of fused-ring (bicyclic) bond motifs is 1. The van der Waals surface area contributed by atoms with Gasteiger partial charge >= 0.3 is 18.0 Å². The third-order valence-electron chi connectivity index (χ3n) is 6.76. The molecule has 1 aliphatic rings. The number of aromatic nitrogens is 1. The van der Waals surface area contributed by atoms with Gasteiger partial charge in [-0.15, -0.1) is 0 Å². The van der Waals surface area contributed by atoms with Gasteiger partial charge in [0.15, 0.2) is 5.75 Å². The number of carbonyl (C=O) groups is 5. The van der Waals surface area contributed by atoms with Gasteiger partial charge in [0.05, 0.1) is 23.4 Å². The molecule has 1 atom stereocenters. The number of hydrogen-bond acceptors (Lipinski definition) is 9. The number of carbonyl (C=O) groups excluding carboxylic acids is 3. The van der Waals surface area contributed by atoms with Crippen LogP contribution < -0.4 is 15.8 Å². The second-order valence-electron chi connectivity index (χ2n) is 9.65. The van der Waals surface area contributed by atoms with Crippen molar-refractivity contribution in [2.24, 2.45) is 0 Å². The van der Waals surface area contributed by atoms with Crippen molar-refractivity contribution in [3.63, 3.8) is 0 Å². The highest BCUT2D eigenvalue weighted by Gasteiger charge is 2.31. The van der Waals surface area contributed by atoms with E-state index in [2.05, 4.69) is 10.3 Å². The van der Waals surface area contributed by atoms with Crippen molar-refractivity contribution in [2.45, 2.75) is 25.8 Å². The molecule has 0 radical (unpaired) electrons. The minimum atomic E-state index is -1.18. The second-order valence-corrected chi connectivity index (χ2v) is 9.65. The summed E-state index contributed by atoms with van der Waals surface area (Å²) in [6.07, 6.45) is -1.03. The minimum absolute atomic E-state index is 0.0524. The molecule has 0 aliphatic carbocycles. The van der Waals surface area contributed by atoms with Crippen molar-refractivity contribution >= 4 is 46.4 Å². The first kappa shape index (κ1) is 30.6. The Bertz CT molecular complexity index is 1550. The van der Waals surface area contributed by atoms with Crippen LogP contribution in [0.25, 0.3) is 10.9 Å². The monoisotopic (exact) mass is 593 g/mol. The van der Waals surface area contributed by atoms with E-state index in [1.54, 1.807) is 31.2 Å². The van der Waals surface area contributed by atoms with Gasteiger partial charge in [0.2, 0.25) is 5.91 Å². The zero-order chi connectivity index (χ0) is 31.1. The first-order valence-corrected chi connectivity index (χ1v) is 13.5. The predicted octanol–water partition coefficient (Wildman–Crippen LogP) is 2.57. The number of rotatable bonds is 10. The van der Waals surface area contributed by atoms with Gasteiger partial charge in [-0.2, -0.15) is 0 Å². The van der Waals surface area contributed by atoms with Gasteiger partial charge in [0, 0.05) is 44.1 Å². The van der Waals surface area contributed by atoms with Crippen LogP contribution in [0.5, 0.6) is 11.5 Å². The molecule has 3 amide bonds. The van der Waals surface area contributed by atoms with Crippen LogP contribution in [0.15, 0.2) is 48.5 Å². The Hall–Kier alpha value is -5.40. The molecule has 2 aromatic carbocycles. The SMILES string of the molecule is CCOC(=O)N1CCN(C(=O)[C@H](CCC(=O)O)NC(=O)c2cc(Oc3cc(C(=O)O)ccc3N)c3ccccc3n2)CC1. The number of carboxylic acid groups (broad SMARTS) is 2. The summed E-state index contributed by atoms with van der Waals surface area (Å²) in [6, 6.07) is 10.9. The van der Waals surface area contributed by atoms with E-state index in [1.165, 1.54) is 34.1 Å². The third kappa shape index (κ3) is 7.47. The predicted molar refractivity (Wildman–Crippen MR) is 153 cm³/mol. The number of nitrogens with one attached hydrogen (secondary N) is 1. The van der Waals surface area contributed by atoms with Gasteiger partial charge in [-0.05, 0) is 43.7 Å². The van der Waals surface area contributed by atoms with Crippen molar-refractivity contribution in [3.05, 3.63) is 59.8 Å². The first-order chi connectivity index (χ1) is 20.6. The van der Waals surface area contributed by atoms with E-state index in [-0.39, 0.29) is 74.1 Å². The number of amides is 3. The highest BCUT2D eigenvalue weighted by molar-refractivity contribution is 5.99. The fraction of sp³-hybridized carbons (Fsp3) is 0.310. The number of nitrogens with zero attached hydrogens (tertiary/aromatic N) is 3. The highest BCUT2D eigenvalue weighted by atomic mass is 16.6. The Morgan fingerprint density at radius 3 is 2.35 bits per heavy atom. The summed E-state index contributed by atoms with van der Waals surface area (Å²) in [7, 11) is 0. The van der Waals surface area contributed by atoms with Crippen LogP contribution in [0.4, 0.5) is 10.5 Å². The molecule has 14 heteroatoms. The van der Waals surface area contributed by atoms with E-state index in [9.17, 15) is 34.2 Å². The zero-order valence-electron chi connectivity index (χ0n) is 23.3. The Labute approximate surface area is 246 Å². The van der Waals surface area contributed by atoms with E-state index in [4.69, 9.17) is 15.2 Å². The Balaban J connectivity index is 1.58. The van der Waals surface area contributed by atoms with Gasteiger partial charge in [-0.3, -0.25) is 14.4 Å². The van der Waals surface area contributed by atoms with Crippen LogP contribution in [0.1, 0.15) is 40.6 Å². The molecule has 226 valence electrons. The van der Waals surface area contributed by atoms with Crippen molar-refractivity contribution < 1.29 is 43.7 Å². The molecule has 1 aromatic heterocycles. The number of piperazine rings is 1. The number of nitrogens with two attached hydrogens (primary N) is 1. The largest absolute Gasteiger partial charge is 0.481 e. The molecule has 0 bridgehead atoms. The molecule has 4 rings (SSSR count). The topological polar surface area (TPSA) is 202 Å². The average molecular weight is 594 g/mol. The Morgan fingerprint density at radius 2 is 1.67 bits per heavy atom. The number of anilines is 1. The van der Waals surface area contributed by atoms with Crippen molar-refractivity contribution in [3.8, 4) is 11.5 Å². The van der Waals surface area contributed by atoms with Gasteiger partial charge in [0.1, 0.15) is 17.5 Å². The molecule has 0 spiro atoms. The van der Waals surface area contributed by atoms with E-state index in [0.29, 0.717) is 10.9 Å². The molecule has 0 unspecified atom stereocenters. The molecular weight excluding hydrogens is 562 g/mol. The standard InChI is InChI=1S/C29H31N5O9/c1-2-42-29(41)34-13-11-33(12-14-34)27(38)21(9-10-25(35)36)32-26(37)22-16-23(18-5-3-4-6-20(18)31-22)43-24-15-17(28(39)40)7-8-19(24)30/h3-8,15-16,21H,2,9-14,30H2,1H3,(H,32,37)(H,35,36)(H,39,40)/t21-/m0/s1. The van der Waals surface area contributed by atoms with Gasteiger partial charge < -0.3 is 40.5 Å². The van der Waals surface area contributed by atoms with E-state index >= 15 is 0 Å². The molecule has 1 aliphatic heterocycles. The molecule has 5 N–H and O–H groups in total. The maximum atomic E-state index is 13.4. The minimum Gasteiger partial charge on any atom is -0.481 e. The maximum absolute atomic E-state index is 13.4. The lowest BCUT2D eigenvalue weighted by Crippen LogP contribution is -2.56. The van der Waals surface area contributed by atoms with Crippen LogP contribution in [0, 0.1) is 0 Å². The van der Waals surface area contributed by atoms with Gasteiger partial charge in [0.25, 0.3) is 5.91 Å². The fourth-order valence-corrected chi connectivity index (χ4v) is 4.52. The van der Waals surface area contributed by atoms with Crippen LogP contribution in [0.3, 0.4) is 0 Å². The molecular formula is C29H31N5O9. The molecule has 1 fully saturated rings. The lowest BCUT2D eigenvalue weighted by molar-refractivity contribution is -0.138. The molecule has 2 heterocycles. The smallest absolute Gasteiger partial charge is 0.409 e. The summed E-state index contributed by atoms with van der Waals surface area (Å²) in [5.41, 5.74) is 6.38. The molecule has 1 saturated heterocycles. The fourth-order valence-electron chi connectivity index (χ4n) is 4.52. The van der Waals surface area contributed by atoms with Crippen LogP contribution in [0.2, 0.25) is 0 Å². The summed E-state index contributed by atoms with van der Waals surface area (Å²) in [4.78, 5) is 69.0. The quantitative estimate of drug-likeness (QED) is 0.252. The second kappa shape index (κ2) is 13.5. The van der Waals surface area contributed by atoms with Crippen molar-refractivity contribution in [2.75, 3.05) is 38.5 Å². The van der Waals surface area contributed by atoms with Crippen LogP contribution in [-0.2, 0) is 14.3 Å². The summed E-state index contributed by atoms with van der Waals surface area (Å²) in [5, 5.41) is 21.7. The number of ether oxygens (including phenoxy) is 2. The number of hydrogen-bond donors (Lipinski definition) is 4. The third-order valence-corrected chi connectivity index (χ3v) is 6.76. The van der Waals surface area contributed by atoms with Gasteiger partial charge in [-0.1, -0.05) is 12.1 Å². The van der Waals surface area contributed by atoms with Crippen LogP contribution in [-0.4, -0.2) is 93.7 Å². The average Bonchev–Trinajstić information content (AvgIpc) is 2.99. The highest BCUT2D eigenvalue weighted by Crippen LogP contribution is 2.33.